The molecular weight excluding hydrogens is 291 g/mol. The molecule has 1 aromatic carbocycles. The second-order valence-electron chi connectivity index (χ2n) is 3.40. The number of nitrogens with zero attached hydrogens (tertiary/aromatic N) is 2. The van der Waals surface area contributed by atoms with Gasteiger partial charge in [-0.1, -0.05) is 23.2 Å². The van der Waals surface area contributed by atoms with Crippen molar-refractivity contribution in [1.82, 2.24) is 9.97 Å². The number of esters is 1. The lowest BCUT2D eigenvalue weighted by Crippen LogP contribution is -2.11. The summed E-state index contributed by atoms with van der Waals surface area (Å²) >= 11 is 11.9. The van der Waals surface area contributed by atoms with Gasteiger partial charge in [-0.25, -0.2) is 14.8 Å². The molecule has 0 fully saturated rings. The van der Waals surface area contributed by atoms with Crippen molar-refractivity contribution in [2.24, 2.45) is 0 Å². The molecule has 0 amide bonds. The van der Waals surface area contributed by atoms with Crippen LogP contribution in [0.2, 0.25) is 10.0 Å². The van der Waals surface area contributed by atoms with Gasteiger partial charge in [-0.3, -0.25) is 0 Å². The zero-order chi connectivity index (χ0) is 13.8. The summed E-state index contributed by atoms with van der Waals surface area (Å²) < 4.78 is 10.2. The van der Waals surface area contributed by atoms with Crippen molar-refractivity contribution in [3.8, 4) is 11.5 Å². The lowest BCUT2D eigenvalue weighted by Gasteiger charge is -2.11. The highest BCUT2D eigenvalue weighted by Crippen LogP contribution is 2.34. The van der Waals surface area contributed by atoms with E-state index < -0.39 is 5.97 Å². The third kappa shape index (κ3) is 2.94. The molecule has 0 saturated heterocycles. The van der Waals surface area contributed by atoms with Crippen molar-refractivity contribution in [1.29, 1.82) is 0 Å². The zero-order valence-electron chi connectivity index (χ0n) is 9.76. The van der Waals surface area contributed by atoms with Crippen molar-refractivity contribution < 1.29 is 14.3 Å². The van der Waals surface area contributed by atoms with Crippen LogP contribution in [-0.4, -0.2) is 23.0 Å². The van der Waals surface area contributed by atoms with Gasteiger partial charge in [0.15, 0.2) is 11.5 Å². The molecule has 0 aliphatic heterocycles. The molecule has 0 spiro atoms. The maximum Gasteiger partial charge on any atom is 0.349 e. The molecule has 2 aromatic rings. The monoisotopic (exact) mass is 298 g/mol. The van der Waals surface area contributed by atoms with Gasteiger partial charge in [-0.2, -0.15) is 0 Å². The number of aromatic nitrogens is 2. The van der Waals surface area contributed by atoms with Crippen molar-refractivity contribution in [2.75, 3.05) is 7.11 Å². The molecule has 98 valence electrons. The van der Waals surface area contributed by atoms with Gasteiger partial charge in [-0.15, -0.1) is 0 Å². The fourth-order valence-electron chi connectivity index (χ4n) is 1.42. The molecule has 5 nitrogen and oxygen atoms in total. The Bertz CT molecular complexity index is 605. The number of benzene rings is 1. The Balaban J connectivity index is 2.36. The van der Waals surface area contributed by atoms with Gasteiger partial charge >= 0.3 is 5.97 Å². The number of methoxy groups -OCH3 is 1. The zero-order valence-corrected chi connectivity index (χ0v) is 11.3. The number of carbonyl (C=O) groups excluding carboxylic acids is 1. The van der Waals surface area contributed by atoms with Crippen LogP contribution in [0, 0.1) is 0 Å². The van der Waals surface area contributed by atoms with Gasteiger partial charge in [0.2, 0.25) is 0 Å². The second kappa shape index (κ2) is 5.86. The highest BCUT2D eigenvalue weighted by atomic mass is 35.5. The average molecular weight is 299 g/mol. The van der Waals surface area contributed by atoms with Crippen molar-refractivity contribution in [3.63, 3.8) is 0 Å². The first-order valence-corrected chi connectivity index (χ1v) is 5.88. The van der Waals surface area contributed by atoms with Crippen LogP contribution in [0.5, 0.6) is 11.5 Å². The van der Waals surface area contributed by atoms with Gasteiger partial charge in [0, 0.05) is 0 Å². The van der Waals surface area contributed by atoms with Crippen LogP contribution in [0.3, 0.4) is 0 Å². The number of halogens is 2. The first kappa shape index (κ1) is 13.6. The summed E-state index contributed by atoms with van der Waals surface area (Å²) in [5, 5.41) is 0.450. The van der Waals surface area contributed by atoms with Crippen LogP contribution in [-0.2, 0) is 0 Å². The second-order valence-corrected chi connectivity index (χ2v) is 4.22. The van der Waals surface area contributed by atoms with Crippen molar-refractivity contribution >= 4 is 29.2 Å². The Kier molecular flexibility index (Phi) is 4.19. The Hall–Kier alpha value is -1.85. The molecule has 1 heterocycles. The molecule has 0 radical (unpaired) electrons. The van der Waals surface area contributed by atoms with Gasteiger partial charge < -0.3 is 9.47 Å². The minimum Gasteiger partial charge on any atom is -0.494 e. The largest absolute Gasteiger partial charge is 0.494 e. The van der Waals surface area contributed by atoms with Crippen molar-refractivity contribution in [3.05, 3.63) is 46.5 Å². The summed E-state index contributed by atoms with van der Waals surface area (Å²) in [6, 6.07) is 3.02. The normalized spacial score (nSPS) is 10.1. The minimum atomic E-state index is -0.695. The predicted octanol–water partition coefficient (Wildman–Crippen LogP) is 3.01. The highest BCUT2D eigenvalue weighted by molar-refractivity contribution is 6.37. The van der Waals surface area contributed by atoms with E-state index in [1.54, 1.807) is 0 Å². The molecular formula is C12H8Cl2N2O3. The highest BCUT2D eigenvalue weighted by Gasteiger charge is 2.21. The summed E-state index contributed by atoms with van der Waals surface area (Å²) in [6.45, 7) is 0. The van der Waals surface area contributed by atoms with E-state index in [-0.39, 0.29) is 27.1 Å². The molecule has 0 aliphatic rings. The Morgan fingerprint density at radius 3 is 2.42 bits per heavy atom. The maximum atomic E-state index is 12.1. The lowest BCUT2D eigenvalue weighted by molar-refractivity contribution is 0.0730. The molecule has 1 aromatic heterocycles. The minimum absolute atomic E-state index is 0.0560. The lowest BCUT2D eigenvalue weighted by atomic mass is 10.2. The van der Waals surface area contributed by atoms with E-state index in [4.69, 9.17) is 32.7 Å². The molecule has 2 rings (SSSR count). The van der Waals surface area contributed by atoms with E-state index in [9.17, 15) is 4.79 Å². The van der Waals surface area contributed by atoms with E-state index in [0.717, 1.165) is 0 Å². The molecule has 0 N–H and O–H groups in total. The SMILES string of the molecule is COc1c(Cl)ccc(Cl)c1C(=O)Oc1cncnc1. The Labute approximate surface area is 119 Å². The van der Waals surface area contributed by atoms with Gasteiger partial charge in [-0.05, 0) is 12.1 Å². The van der Waals surface area contributed by atoms with Crippen molar-refractivity contribution in [2.45, 2.75) is 0 Å². The number of hydrogen-bond acceptors (Lipinski definition) is 5. The quantitative estimate of drug-likeness (QED) is 0.815. The van der Waals surface area contributed by atoms with Crippen LogP contribution < -0.4 is 9.47 Å². The first-order valence-electron chi connectivity index (χ1n) is 5.12. The topological polar surface area (TPSA) is 61.3 Å². The predicted molar refractivity (Wildman–Crippen MR) is 70.0 cm³/mol. The summed E-state index contributed by atoms with van der Waals surface area (Å²) in [5.74, 6) is -0.333. The van der Waals surface area contributed by atoms with E-state index in [0.29, 0.717) is 0 Å². The standard InChI is InChI=1S/C12H8Cl2N2O3/c1-18-11-9(14)3-2-8(13)10(11)12(17)19-7-4-15-6-16-5-7/h2-6H,1H3. The summed E-state index contributed by atoms with van der Waals surface area (Å²) in [5.41, 5.74) is 0.0560. The smallest absolute Gasteiger partial charge is 0.349 e. The number of hydrogen-bond donors (Lipinski definition) is 0. The maximum absolute atomic E-state index is 12.1. The van der Waals surface area contributed by atoms with Gasteiger partial charge in [0.1, 0.15) is 11.9 Å². The van der Waals surface area contributed by atoms with Gasteiger partial charge in [0.05, 0.1) is 29.5 Å². The van der Waals surface area contributed by atoms with Gasteiger partial charge in [0.25, 0.3) is 0 Å². The van der Waals surface area contributed by atoms with Crippen LogP contribution in [0.15, 0.2) is 30.9 Å². The summed E-state index contributed by atoms with van der Waals surface area (Å²) in [4.78, 5) is 19.5. The molecule has 0 bridgehead atoms. The molecule has 0 atom stereocenters. The fourth-order valence-corrected chi connectivity index (χ4v) is 1.88. The molecule has 19 heavy (non-hydrogen) atoms. The number of ether oxygens (including phenoxy) is 2. The molecule has 0 saturated carbocycles. The van der Waals surface area contributed by atoms with E-state index in [1.807, 2.05) is 0 Å². The average Bonchev–Trinajstić information content (AvgIpc) is 2.42. The van der Waals surface area contributed by atoms with Crippen LogP contribution in [0.1, 0.15) is 10.4 Å². The Morgan fingerprint density at radius 2 is 1.79 bits per heavy atom. The van der Waals surface area contributed by atoms with E-state index in [2.05, 4.69) is 9.97 Å². The summed E-state index contributed by atoms with van der Waals surface area (Å²) in [7, 11) is 1.39. The van der Waals surface area contributed by atoms with Crippen LogP contribution in [0.4, 0.5) is 0 Å². The number of carbonyl (C=O) groups is 1. The third-order valence-corrected chi connectivity index (χ3v) is 2.83. The Morgan fingerprint density at radius 1 is 1.16 bits per heavy atom. The third-order valence-electron chi connectivity index (χ3n) is 2.21. The van der Waals surface area contributed by atoms with E-state index >= 15 is 0 Å². The van der Waals surface area contributed by atoms with Crippen LogP contribution in [0.25, 0.3) is 0 Å². The van der Waals surface area contributed by atoms with Crippen LogP contribution >= 0.6 is 23.2 Å². The van der Waals surface area contributed by atoms with E-state index in [1.165, 1.54) is 38.0 Å². The fraction of sp³-hybridized carbons (Fsp3) is 0.0833. The molecule has 0 unspecified atom stereocenters. The molecule has 0 aliphatic carbocycles. The summed E-state index contributed by atoms with van der Waals surface area (Å²) in [6.07, 6.45) is 4.04. The first-order chi connectivity index (χ1) is 9.13. The molecule has 7 heteroatoms. The number of rotatable bonds is 3.